The van der Waals surface area contributed by atoms with Crippen LogP contribution in [0, 0.1) is 0 Å². The molecule has 1 saturated heterocycles. The molecule has 86 valence electrons. The van der Waals surface area contributed by atoms with Gasteiger partial charge in [-0.15, -0.1) is 11.8 Å². The summed E-state index contributed by atoms with van der Waals surface area (Å²) >= 11 is 1.59. The summed E-state index contributed by atoms with van der Waals surface area (Å²) in [6, 6.07) is 8.28. The lowest BCUT2D eigenvalue weighted by molar-refractivity contribution is -0.137. The molecule has 0 aliphatic carbocycles. The lowest BCUT2D eigenvalue weighted by Crippen LogP contribution is -2.09. The SMILES string of the molecule is CNCc1ccc(SC2CCOC2=O)cc1. The summed E-state index contributed by atoms with van der Waals surface area (Å²) in [5.74, 6) is -0.0794. The highest BCUT2D eigenvalue weighted by Gasteiger charge is 2.27. The Hall–Kier alpha value is -1.00. The van der Waals surface area contributed by atoms with Crippen LogP contribution in [0.15, 0.2) is 29.2 Å². The number of hydrogen-bond donors (Lipinski definition) is 1. The van der Waals surface area contributed by atoms with Gasteiger partial charge in [-0.1, -0.05) is 12.1 Å². The predicted molar refractivity (Wildman–Crippen MR) is 64.4 cm³/mol. The summed E-state index contributed by atoms with van der Waals surface area (Å²) in [4.78, 5) is 12.4. The van der Waals surface area contributed by atoms with Crippen LogP contribution in [-0.2, 0) is 16.1 Å². The highest BCUT2D eigenvalue weighted by atomic mass is 32.2. The Morgan fingerprint density at radius 3 is 2.75 bits per heavy atom. The van der Waals surface area contributed by atoms with Crippen LogP contribution in [0.4, 0.5) is 0 Å². The molecule has 1 aromatic carbocycles. The average molecular weight is 237 g/mol. The first-order valence-corrected chi connectivity index (χ1v) is 6.24. The van der Waals surface area contributed by atoms with Crippen LogP contribution in [0.3, 0.4) is 0 Å². The van der Waals surface area contributed by atoms with Crippen LogP contribution in [0.25, 0.3) is 0 Å². The Kier molecular flexibility index (Phi) is 3.85. The van der Waals surface area contributed by atoms with Crippen molar-refractivity contribution in [1.29, 1.82) is 0 Å². The zero-order valence-corrected chi connectivity index (χ0v) is 10.0. The summed E-state index contributed by atoms with van der Waals surface area (Å²) < 4.78 is 4.93. The second-order valence-corrected chi connectivity index (χ2v) is 5.01. The first kappa shape index (κ1) is 11.5. The number of cyclic esters (lactones) is 1. The number of ether oxygens (including phenoxy) is 1. The summed E-state index contributed by atoms with van der Waals surface area (Å²) in [5.41, 5.74) is 1.25. The molecule has 1 heterocycles. The van der Waals surface area contributed by atoms with Gasteiger partial charge in [-0.2, -0.15) is 0 Å². The zero-order valence-electron chi connectivity index (χ0n) is 9.23. The first-order valence-electron chi connectivity index (χ1n) is 5.36. The van der Waals surface area contributed by atoms with Gasteiger partial charge in [-0.05, 0) is 24.7 Å². The van der Waals surface area contributed by atoms with Gasteiger partial charge in [0.2, 0.25) is 0 Å². The summed E-state index contributed by atoms with van der Waals surface area (Å²) in [5, 5.41) is 3.08. The number of benzene rings is 1. The Bertz CT molecular complexity index is 364. The van der Waals surface area contributed by atoms with Gasteiger partial charge in [0, 0.05) is 17.9 Å². The van der Waals surface area contributed by atoms with E-state index >= 15 is 0 Å². The molecule has 1 aliphatic rings. The first-order chi connectivity index (χ1) is 7.79. The van der Waals surface area contributed by atoms with Crippen molar-refractivity contribution in [3.8, 4) is 0 Å². The molecule has 1 aromatic rings. The third kappa shape index (κ3) is 2.77. The smallest absolute Gasteiger partial charge is 0.319 e. The molecule has 3 nitrogen and oxygen atoms in total. The van der Waals surface area contributed by atoms with Gasteiger partial charge in [0.25, 0.3) is 0 Å². The Balaban J connectivity index is 1.96. The van der Waals surface area contributed by atoms with Crippen molar-refractivity contribution >= 4 is 17.7 Å². The van der Waals surface area contributed by atoms with Crippen molar-refractivity contribution in [1.82, 2.24) is 5.32 Å². The number of carbonyl (C=O) groups excluding carboxylic acids is 1. The number of hydrogen-bond acceptors (Lipinski definition) is 4. The van der Waals surface area contributed by atoms with Crippen LogP contribution >= 0.6 is 11.8 Å². The zero-order chi connectivity index (χ0) is 11.4. The molecule has 16 heavy (non-hydrogen) atoms. The van der Waals surface area contributed by atoms with E-state index in [0.717, 1.165) is 17.9 Å². The Labute approximate surface area is 99.6 Å². The molecule has 2 rings (SSSR count). The number of carbonyl (C=O) groups is 1. The van der Waals surface area contributed by atoms with Crippen molar-refractivity contribution in [3.63, 3.8) is 0 Å². The van der Waals surface area contributed by atoms with Crippen molar-refractivity contribution < 1.29 is 9.53 Å². The van der Waals surface area contributed by atoms with Gasteiger partial charge >= 0.3 is 5.97 Å². The van der Waals surface area contributed by atoms with Gasteiger partial charge in [0.1, 0.15) is 5.25 Å². The lowest BCUT2D eigenvalue weighted by Gasteiger charge is -2.06. The predicted octanol–water partition coefficient (Wildman–Crippen LogP) is 1.81. The van der Waals surface area contributed by atoms with Crippen LogP contribution in [0.2, 0.25) is 0 Å². The fourth-order valence-corrected chi connectivity index (χ4v) is 2.64. The van der Waals surface area contributed by atoms with Gasteiger partial charge in [-0.25, -0.2) is 0 Å². The Morgan fingerprint density at radius 2 is 2.19 bits per heavy atom. The minimum atomic E-state index is -0.0794. The molecule has 0 radical (unpaired) electrons. The highest BCUT2D eigenvalue weighted by molar-refractivity contribution is 8.00. The number of nitrogens with one attached hydrogen (secondary N) is 1. The fourth-order valence-electron chi connectivity index (χ4n) is 1.64. The molecule has 1 unspecified atom stereocenters. The second-order valence-electron chi connectivity index (χ2n) is 3.74. The van der Waals surface area contributed by atoms with E-state index in [1.807, 2.05) is 7.05 Å². The molecule has 1 fully saturated rings. The van der Waals surface area contributed by atoms with E-state index in [2.05, 4.69) is 29.6 Å². The molecule has 0 saturated carbocycles. The molecular weight excluding hydrogens is 222 g/mol. The van der Waals surface area contributed by atoms with Crippen LogP contribution < -0.4 is 5.32 Å². The maximum atomic E-state index is 11.3. The molecule has 0 amide bonds. The van der Waals surface area contributed by atoms with Crippen molar-refractivity contribution in [2.24, 2.45) is 0 Å². The largest absolute Gasteiger partial charge is 0.465 e. The third-order valence-electron chi connectivity index (χ3n) is 2.47. The summed E-state index contributed by atoms with van der Waals surface area (Å²) in [6.45, 7) is 1.44. The van der Waals surface area contributed by atoms with Crippen LogP contribution in [0.1, 0.15) is 12.0 Å². The lowest BCUT2D eigenvalue weighted by atomic mass is 10.2. The summed E-state index contributed by atoms with van der Waals surface area (Å²) in [7, 11) is 1.93. The number of rotatable bonds is 4. The van der Waals surface area contributed by atoms with E-state index in [9.17, 15) is 4.79 Å². The maximum Gasteiger partial charge on any atom is 0.319 e. The quantitative estimate of drug-likeness (QED) is 0.811. The molecule has 1 N–H and O–H groups in total. The van der Waals surface area contributed by atoms with E-state index in [1.54, 1.807) is 11.8 Å². The fraction of sp³-hybridized carbons (Fsp3) is 0.417. The molecule has 1 aliphatic heterocycles. The van der Waals surface area contributed by atoms with Gasteiger partial charge in [0.15, 0.2) is 0 Å². The average Bonchev–Trinajstić information content (AvgIpc) is 2.68. The number of thioether (sulfide) groups is 1. The topological polar surface area (TPSA) is 38.3 Å². The van der Waals surface area contributed by atoms with E-state index in [1.165, 1.54) is 5.56 Å². The maximum absolute atomic E-state index is 11.3. The highest BCUT2D eigenvalue weighted by Crippen LogP contribution is 2.29. The van der Waals surface area contributed by atoms with Crippen molar-refractivity contribution in [3.05, 3.63) is 29.8 Å². The minimum Gasteiger partial charge on any atom is -0.465 e. The van der Waals surface area contributed by atoms with Crippen molar-refractivity contribution in [2.75, 3.05) is 13.7 Å². The second kappa shape index (κ2) is 5.37. The van der Waals surface area contributed by atoms with E-state index in [0.29, 0.717) is 6.61 Å². The minimum absolute atomic E-state index is 0.0184. The van der Waals surface area contributed by atoms with Crippen molar-refractivity contribution in [2.45, 2.75) is 23.1 Å². The molecule has 0 bridgehead atoms. The number of esters is 1. The summed E-state index contributed by atoms with van der Waals surface area (Å²) in [6.07, 6.45) is 0.821. The molecule has 0 aromatic heterocycles. The monoisotopic (exact) mass is 237 g/mol. The van der Waals surface area contributed by atoms with Gasteiger partial charge in [0.05, 0.1) is 6.61 Å². The van der Waals surface area contributed by atoms with Gasteiger partial charge < -0.3 is 10.1 Å². The van der Waals surface area contributed by atoms with E-state index in [-0.39, 0.29) is 11.2 Å². The van der Waals surface area contributed by atoms with Crippen LogP contribution in [-0.4, -0.2) is 24.9 Å². The standard InChI is InChI=1S/C12H15NO2S/c1-13-8-9-2-4-10(5-3-9)16-11-6-7-15-12(11)14/h2-5,11,13H,6-8H2,1H3. The molecule has 0 spiro atoms. The third-order valence-corrected chi connectivity index (χ3v) is 3.73. The molecule has 4 heteroatoms. The molecular formula is C12H15NO2S. The Morgan fingerprint density at radius 1 is 1.44 bits per heavy atom. The van der Waals surface area contributed by atoms with Crippen LogP contribution in [0.5, 0.6) is 0 Å². The van der Waals surface area contributed by atoms with Gasteiger partial charge in [-0.3, -0.25) is 4.79 Å². The normalized spacial score (nSPS) is 19.8. The van der Waals surface area contributed by atoms with E-state index < -0.39 is 0 Å². The molecule has 1 atom stereocenters. The van der Waals surface area contributed by atoms with E-state index in [4.69, 9.17) is 4.74 Å².